The number of Topliss-reactive ketones (excluding diaryl/α,β-unsaturated/α-hetero) is 1. The number of rotatable bonds is 5. The fraction of sp³-hybridized carbons (Fsp3) is 0.375. The molecule has 2 bridgehead atoms. The minimum Gasteiger partial charge on any atom is -0.493 e. The van der Waals surface area contributed by atoms with E-state index in [0.717, 1.165) is 29.4 Å². The largest absolute Gasteiger partial charge is 0.493 e. The van der Waals surface area contributed by atoms with Gasteiger partial charge >= 0.3 is 0 Å². The van der Waals surface area contributed by atoms with Crippen molar-refractivity contribution in [1.82, 2.24) is 0 Å². The Bertz CT molecular complexity index is 1620. The van der Waals surface area contributed by atoms with Crippen LogP contribution in [0.15, 0.2) is 54.6 Å². The Labute approximate surface area is 226 Å². The number of nitriles is 1. The highest BCUT2D eigenvalue weighted by Crippen LogP contribution is 2.62. The lowest BCUT2D eigenvalue weighted by molar-refractivity contribution is -0.131. The number of benzene rings is 3. The van der Waals surface area contributed by atoms with Gasteiger partial charge in [-0.2, -0.15) is 5.26 Å². The van der Waals surface area contributed by atoms with Crippen molar-refractivity contribution in [1.29, 1.82) is 5.26 Å². The standard InChI is InChI=1S/C32H28N2O5/c1-31-13-14-32(39-31,15-16-38-21-10-11-23-19(17-21)5-4-8-26(23)35)28-27(31)29(36)34(30(28)37)25-12-9-20(18-33)22-6-2-3-7-24(22)25/h2-3,6-7,9-12,17,27-28H,4-5,8,13-16H2,1H3. The zero-order valence-corrected chi connectivity index (χ0v) is 21.7. The molecule has 2 amide bonds. The number of ether oxygens (including phenoxy) is 2. The Balaban J connectivity index is 1.17. The number of carbonyl (C=O) groups is 3. The van der Waals surface area contributed by atoms with E-state index in [1.165, 1.54) is 4.90 Å². The number of imide groups is 1. The maximum atomic E-state index is 14.0. The van der Waals surface area contributed by atoms with Crippen molar-refractivity contribution in [3.63, 3.8) is 0 Å². The lowest BCUT2D eigenvalue weighted by Crippen LogP contribution is -2.43. The molecule has 4 aliphatic rings. The average molecular weight is 521 g/mol. The van der Waals surface area contributed by atoms with Gasteiger partial charge in [0.15, 0.2) is 5.78 Å². The molecule has 3 aliphatic heterocycles. The molecule has 3 heterocycles. The van der Waals surface area contributed by atoms with E-state index in [9.17, 15) is 19.6 Å². The average Bonchev–Trinajstić information content (AvgIpc) is 3.52. The molecule has 0 aromatic heterocycles. The second-order valence-electron chi connectivity index (χ2n) is 11.4. The van der Waals surface area contributed by atoms with Crippen molar-refractivity contribution in [2.24, 2.45) is 11.8 Å². The lowest BCUT2D eigenvalue weighted by atomic mass is 9.67. The minimum atomic E-state index is -0.770. The molecule has 7 nitrogen and oxygen atoms in total. The Hall–Kier alpha value is -4.02. The number of ketones is 1. The quantitative estimate of drug-likeness (QED) is 0.433. The Morgan fingerprint density at radius 2 is 1.79 bits per heavy atom. The van der Waals surface area contributed by atoms with Crippen molar-refractivity contribution in [2.75, 3.05) is 11.5 Å². The number of carbonyl (C=O) groups excluding carboxylic acids is 3. The first-order chi connectivity index (χ1) is 18.8. The third kappa shape index (κ3) is 3.41. The van der Waals surface area contributed by atoms with Gasteiger partial charge in [0.25, 0.3) is 0 Å². The molecular formula is C32H28N2O5. The molecular weight excluding hydrogens is 492 g/mol. The van der Waals surface area contributed by atoms with Crippen LogP contribution in [0.25, 0.3) is 10.8 Å². The highest BCUT2D eigenvalue weighted by atomic mass is 16.5. The van der Waals surface area contributed by atoms with Gasteiger partial charge in [0.2, 0.25) is 11.8 Å². The Morgan fingerprint density at radius 1 is 1.00 bits per heavy atom. The van der Waals surface area contributed by atoms with E-state index >= 15 is 0 Å². The summed E-state index contributed by atoms with van der Waals surface area (Å²) in [4.78, 5) is 41.4. The summed E-state index contributed by atoms with van der Waals surface area (Å²) < 4.78 is 12.7. The number of fused-ring (bicyclic) bond motifs is 7. The van der Waals surface area contributed by atoms with Crippen LogP contribution in [0.5, 0.6) is 5.75 Å². The maximum Gasteiger partial charge on any atom is 0.240 e. The van der Waals surface area contributed by atoms with Gasteiger partial charge in [0, 0.05) is 29.2 Å². The van der Waals surface area contributed by atoms with Gasteiger partial charge < -0.3 is 9.47 Å². The van der Waals surface area contributed by atoms with Gasteiger partial charge in [-0.1, -0.05) is 24.3 Å². The predicted molar refractivity (Wildman–Crippen MR) is 143 cm³/mol. The molecule has 0 radical (unpaired) electrons. The molecule has 196 valence electrons. The monoisotopic (exact) mass is 520 g/mol. The number of aryl methyl sites for hydroxylation is 1. The fourth-order valence-corrected chi connectivity index (χ4v) is 7.48. The van der Waals surface area contributed by atoms with Crippen LogP contribution in [0.1, 0.15) is 60.5 Å². The number of amides is 2. The number of hydrogen-bond donors (Lipinski definition) is 0. The summed E-state index contributed by atoms with van der Waals surface area (Å²) in [5.74, 6) is -0.721. The molecule has 3 aromatic carbocycles. The van der Waals surface area contributed by atoms with E-state index < -0.39 is 23.0 Å². The fourth-order valence-electron chi connectivity index (χ4n) is 7.48. The highest BCUT2D eigenvalue weighted by molar-refractivity contribution is 6.26. The molecule has 0 spiro atoms. The SMILES string of the molecule is CC12CCC(CCOc3ccc4c(c3)CCCC4=O)(O1)C1C(=O)N(c3ccc(C#N)c4ccccc34)C(=O)C12. The predicted octanol–water partition coefficient (Wildman–Crippen LogP) is 5.13. The molecule has 3 fully saturated rings. The first-order valence-electron chi connectivity index (χ1n) is 13.6. The van der Waals surface area contributed by atoms with Crippen LogP contribution in [-0.2, 0) is 20.7 Å². The number of anilines is 1. The summed E-state index contributed by atoms with van der Waals surface area (Å²) in [6, 6.07) is 18.6. The molecule has 3 saturated heterocycles. The molecule has 7 heteroatoms. The summed E-state index contributed by atoms with van der Waals surface area (Å²) in [7, 11) is 0. The Kier molecular flexibility index (Phi) is 5.24. The van der Waals surface area contributed by atoms with E-state index in [-0.39, 0.29) is 17.6 Å². The van der Waals surface area contributed by atoms with E-state index in [0.29, 0.717) is 54.7 Å². The van der Waals surface area contributed by atoms with Gasteiger partial charge in [-0.25, -0.2) is 4.90 Å². The summed E-state index contributed by atoms with van der Waals surface area (Å²) in [6.07, 6.45) is 4.19. The number of nitrogens with zero attached hydrogens (tertiary/aromatic N) is 2. The van der Waals surface area contributed by atoms with Gasteiger partial charge in [-0.3, -0.25) is 14.4 Å². The summed E-state index contributed by atoms with van der Waals surface area (Å²) >= 11 is 0. The maximum absolute atomic E-state index is 14.0. The van der Waals surface area contributed by atoms with Crippen LogP contribution in [0.3, 0.4) is 0 Å². The van der Waals surface area contributed by atoms with E-state index in [1.807, 2.05) is 49.4 Å². The molecule has 4 atom stereocenters. The molecule has 39 heavy (non-hydrogen) atoms. The second kappa shape index (κ2) is 8.49. The van der Waals surface area contributed by atoms with Crippen LogP contribution in [0.2, 0.25) is 0 Å². The van der Waals surface area contributed by atoms with Gasteiger partial charge in [0.1, 0.15) is 5.75 Å². The summed E-state index contributed by atoms with van der Waals surface area (Å²) in [5, 5.41) is 11.0. The molecule has 0 saturated carbocycles. The first kappa shape index (κ1) is 24.1. The summed E-state index contributed by atoms with van der Waals surface area (Å²) in [6.45, 7) is 2.29. The molecule has 1 aliphatic carbocycles. The van der Waals surface area contributed by atoms with Gasteiger partial charge in [-0.05, 0) is 68.5 Å². The van der Waals surface area contributed by atoms with Crippen LogP contribution < -0.4 is 9.64 Å². The van der Waals surface area contributed by atoms with Crippen molar-refractivity contribution in [2.45, 2.75) is 56.7 Å². The normalized spacial score (nSPS) is 29.0. The first-order valence-corrected chi connectivity index (χ1v) is 13.6. The van der Waals surface area contributed by atoms with E-state index in [2.05, 4.69) is 6.07 Å². The molecule has 7 rings (SSSR count). The van der Waals surface area contributed by atoms with Crippen molar-refractivity contribution < 1.29 is 23.9 Å². The van der Waals surface area contributed by atoms with Crippen LogP contribution in [0, 0.1) is 23.2 Å². The Morgan fingerprint density at radius 3 is 2.62 bits per heavy atom. The van der Waals surface area contributed by atoms with E-state index in [4.69, 9.17) is 9.47 Å². The van der Waals surface area contributed by atoms with Crippen molar-refractivity contribution in [3.8, 4) is 11.8 Å². The lowest BCUT2D eigenvalue weighted by Gasteiger charge is -2.31. The van der Waals surface area contributed by atoms with Crippen LogP contribution >= 0.6 is 0 Å². The third-order valence-corrected chi connectivity index (χ3v) is 9.30. The third-order valence-electron chi connectivity index (χ3n) is 9.30. The molecule has 0 N–H and O–H groups in total. The van der Waals surface area contributed by atoms with Crippen molar-refractivity contribution >= 4 is 34.1 Å². The highest BCUT2D eigenvalue weighted by Gasteiger charge is 2.73. The second-order valence-corrected chi connectivity index (χ2v) is 11.4. The van der Waals surface area contributed by atoms with Crippen LogP contribution in [-0.4, -0.2) is 35.4 Å². The minimum absolute atomic E-state index is 0.182. The van der Waals surface area contributed by atoms with Gasteiger partial charge in [0.05, 0.1) is 47.0 Å². The molecule has 4 unspecified atom stereocenters. The van der Waals surface area contributed by atoms with Crippen molar-refractivity contribution in [3.05, 3.63) is 71.3 Å². The zero-order chi connectivity index (χ0) is 26.9. The zero-order valence-electron chi connectivity index (χ0n) is 21.7. The summed E-state index contributed by atoms with van der Waals surface area (Å²) in [5.41, 5.74) is 1.35. The van der Waals surface area contributed by atoms with Gasteiger partial charge in [-0.15, -0.1) is 0 Å². The number of hydrogen-bond acceptors (Lipinski definition) is 6. The van der Waals surface area contributed by atoms with E-state index in [1.54, 1.807) is 12.1 Å². The topological polar surface area (TPSA) is 96.7 Å². The molecule has 3 aromatic rings. The van der Waals surface area contributed by atoms with Crippen LogP contribution in [0.4, 0.5) is 5.69 Å². The smallest absolute Gasteiger partial charge is 0.240 e.